The summed E-state index contributed by atoms with van der Waals surface area (Å²) in [5, 5.41) is 0. The number of hydrogen-bond donors (Lipinski definition) is 0. The smallest absolute Gasteiger partial charge is 0.178 e. The van der Waals surface area contributed by atoms with Crippen LogP contribution in [0, 0.1) is 3.57 Å². The van der Waals surface area contributed by atoms with Gasteiger partial charge in [0.25, 0.3) is 0 Å². The second-order valence-corrected chi connectivity index (χ2v) is 9.90. The fraction of sp³-hybridized carbons (Fsp3) is 0.364. The lowest BCUT2D eigenvalue weighted by Gasteiger charge is -2.05. The van der Waals surface area contributed by atoms with Crippen LogP contribution in [0.1, 0.15) is 56.6 Å². The standard InChI is InChI=1S/C22H27IO2S/c1-2-3-4-5-6-7-18-26(24,25)22-16-12-20(13-17-22)9-8-19-10-14-21(23)15-11-19/h8-17H,2-7,18H2,1H3/b9-8+. The molecule has 0 aliphatic heterocycles. The van der Waals surface area contributed by atoms with Gasteiger partial charge in [0.15, 0.2) is 9.84 Å². The highest BCUT2D eigenvalue weighted by atomic mass is 127. The molecule has 0 heterocycles. The van der Waals surface area contributed by atoms with E-state index in [1.165, 1.54) is 22.8 Å². The van der Waals surface area contributed by atoms with Crippen LogP contribution in [0.25, 0.3) is 12.2 Å². The summed E-state index contributed by atoms with van der Waals surface area (Å²) in [5.74, 6) is 0.247. The molecule has 0 aromatic heterocycles. The van der Waals surface area contributed by atoms with Gasteiger partial charge in [0.2, 0.25) is 0 Å². The van der Waals surface area contributed by atoms with Crippen molar-refractivity contribution in [1.82, 2.24) is 0 Å². The van der Waals surface area contributed by atoms with Crippen molar-refractivity contribution in [2.75, 3.05) is 5.75 Å². The number of unbranched alkanes of at least 4 members (excludes halogenated alkanes) is 5. The van der Waals surface area contributed by atoms with Gasteiger partial charge < -0.3 is 0 Å². The normalized spacial score (nSPS) is 11.9. The van der Waals surface area contributed by atoms with Crippen LogP contribution in [0.2, 0.25) is 0 Å². The molecule has 0 N–H and O–H groups in total. The van der Waals surface area contributed by atoms with E-state index < -0.39 is 9.84 Å². The summed E-state index contributed by atoms with van der Waals surface area (Å²) in [6.07, 6.45) is 10.6. The lowest BCUT2D eigenvalue weighted by Crippen LogP contribution is -2.06. The van der Waals surface area contributed by atoms with Gasteiger partial charge in [-0.3, -0.25) is 0 Å². The number of sulfone groups is 1. The van der Waals surface area contributed by atoms with Crippen molar-refractivity contribution in [3.8, 4) is 0 Å². The van der Waals surface area contributed by atoms with Crippen LogP contribution in [0.4, 0.5) is 0 Å². The quantitative estimate of drug-likeness (QED) is 0.217. The average molecular weight is 482 g/mol. The summed E-state index contributed by atoms with van der Waals surface area (Å²) in [6, 6.07) is 15.5. The Morgan fingerprint density at radius 1 is 0.769 bits per heavy atom. The maximum Gasteiger partial charge on any atom is 0.178 e. The van der Waals surface area contributed by atoms with E-state index in [0.717, 1.165) is 30.4 Å². The number of rotatable bonds is 10. The molecule has 0 atom stereocenters. The number of hydrogen-bond acceptors (Lipinski definition) is 2. The Morgan fingerprint density at radius 2 is 1.27 bits per heavy atom. The number of halogens is 1. The molecule has 0 spiro atoms. The Morgan fingerprint density at radius 3 is 1.85 bits per heavy atom. The summed E-state index contributed by atoms with van der Waals surface area (Å²) in [4.78, 5) is 0.428. The zero-order chi connectivity index (χ0) is 18.8. The van der Waals surface area contributed by atoms with Gasteiger partial charge in [0.05, 0.1) is 10.6 Å². The van der Waals surface area contributed by atoms with Crippen LogP contribution in [0.15, 0.2) is 53.4 Å². The minimum absolute atomic E-state index is 0.247. The third-order valence-electron chi connectivity index (χ3n) is 4.34. The predicted octanol–water partition coefficient (Wildman–Crippen LogP) is 6.60. The molecule has 0 saturated carbocycles. The van der Waals surface area contributed by atoms with Crippen molar-refractivity contribution in [3.63, 3.8) is 0 Å². The maximum absolute atomic E-state index is 12.4. The van der Waals surface area contributed by atoms with E-state index in [9.17, 15) is 8.42 Å². The molecule has 2 rings (SSSR count). The molecule has 0 unspecified atom stereocenters. The van der Waals surface area contributed by atoms with Crippen LogP contribution in [-0.4, -0.2) is 14.2 Å². The van der Waals surface area contributed by atoms with Crippen LogP contribution in [0.5, 0.6) is 0 Å². The molecule has 0 saturated heterocycles. The van der Waals surface area contributed by atoms with Crippen molar-refractivity contribution in [2.24, 2.45) is 0 Å². The number of benzene rings is 2. The van der Waals surface area contributed by atoms with Gasteiger partial charge in [-0.05, 0) is 64.4 Å². The molecule has 0 bridgehead atoms. The van der Waals surface area contributed by atoms with Crippen molar-refractivity contribution >= 4 is 44.6 Å². The molecule has 0 amide bonds. The Kier molecular flexibility index (Phi) is 8.85. The highest BCUT2D eigenvalue weighted by molar-refractivity contribution is 14.1. The summed E-state index contributed by atoms with van der Waals surface area (Å²) in [7, 11) is -3.17. The van der Waals surface area contributed by atoms with Gasteiger partial charge >= 0.3 is 0 Å². The van der Waals surface area contributed by atoms with Gasteiger partial charge in [-0.25, -0.2) is 8.42 Å². The van der Waals surface area contributed by atoms with Crippen molar-refractivity contribution in [3.05, 3.63) is 63.2 Å². The molecule has 0 radical (unpaired) electrons. The van der Waals surface area contributed by atoms with Crippen LogP contribution in [0.3, 0.4) is 0 Å². The third-order valence-corrected chi connectivity index (χ3v) is 6.88. The lowest BCUT2D eigenvalue weighted by atomic mass is 10.1. The Balaban J connectivity index is 1.90. The molecule has 2 nitrogen and oxygen atoms in total. The molecular weight excluding hydrogens is 455 g/mol. The van der Waals surface area contributed by atoms with Crippen LogP contribution >= 0.6 is 22.6 Å². The van der Waals surface area contributed by atoms with E-state index in [0.29, 0.717) is 4.90 Å². The molecule has 140 valence electrons. The topological polar surface area (TPSA) is 34.1 Å². The first-order valence-electron chi connectivity index (χ1n) is 9.28. The van der Waals surface area contributed by atoms with Gasteiger partial charge in [-0.15, -0.1) is 0 Å². The largest absolute Gasteiger partial charge is 0.224 e. The zero-order valence-corrected chi connectivity index (χ0v) is 18.3. The Hall–Kier alpha value is -1.14. The van der Waals surface area contributed by atoms with E-state index in [4.69, 9.17) is 0 Å². The molecular formula is C22H27IO2S. The second-order valence-electron chi connectivity index (χ2n) is 6.54. The van der Waals surface area contributed by atoms with E-state index in [-0.39, 0.29) is 5.75 Å². The van der Waals surface area contributed by atoms with Gasteiger partial charge in [0, 0.05) is 3.57 Å². The molecule has 0 fully saturated rings. The molecule has 2 aromatic carbocycles. The first kappa shape index (κ1) is 21.2. The summed E-state index contributed by atoms with van der Waals surface area (Å²) in [6.45, 7) is 2.18. The minimum atomic E-state index is -3.17. The fourth-order valence-corrected chi connectivity index (χ4v) is 4.47. The first-order valence-corrected chi connectivity index (χ1v) is 12.0. The predicted molar refractivity (Wildman–Crippen MR) is 120 cm³/mol. The highest BCUT2D eigenvalue weighted by Gasteiger charge is 2.13. The molecule has 0 aliphatic carbocycles. The molecule has 2 aromatic rings. The van der Waals surface area contributed by atoms with E-state index in [1.807, 2.05) is 24.3 Å². The summed E-state index contributed by atoms with van der Waals surface area (Å²) >= 11 is 2.28. The zero-order valence-electron chi connectivity index (χ0n) is 15.3. The lowest BCUT2D eigenvalue weighted by molar-refractivity contribution is 0.583. The molecule has 4 heteroatoms. The SMILES string of the molecule is CCCCCCCCS(=O)(=O)c1ccc(/C=C/c2ccc(I)cc2)cc1. The van der Waals surface area contributed by atoms with Crippen LogP contribution in [-0.2, 0) is 9.84 Å². The molecule has 0 aliphatic rings. The summed E-state index contributed by atoms with van der Waals surface area (Å²) < 4.78 is 26.1. The average Bonchev–Trinajstić information content (AvgIpc) is 2.64. The third kappa shape index (κ3) is 7.23. The van der Waals surface area contributed by atoms with Gasteiger partial charge in [-0.1, -0.05) is 75.4 Å². The maximum atomic E-state index is 12.4. The van der Waals surface area contributed by atoms with Gasteiger partial charge in [0.1, 0.15) is 0 Å². The minimum Gasteiger partial charge on any atom is -0.224 e. The van der Waals surface area contributed by atoms with Gasteiger partial charge in [-0.2, -0.15) is 0 Å². The van der Waals surface area contributed by atoms with Crippen molar-refractivity contribution in [1.29, 1.82) is 0 Å². The van der Waals surface area contributed by atoms with Crippen molar-refractivity contribution < 1.29 is 8.42 Å². The monoisotopic (exact) mass is 482 g/mol. The van der Waals surface area contributed by atoms with E-state index in [2.05, 4.69) is 53.8 Å². The Bertz CT molecular complexity index is 791. The van der Waals surface area contributed by atoms with E-state index in [1.54, 1.807) is 12.1 Å². The second kappa shape index (κ2) is 10.9. The first-order chi connectivity index (χ1) is 12.5. The highest BCUT2D eigenvalue weighted by Crippen LogP contribution is 2.17. The van der Waals surface area contributed by atoms with E-state index >= 15 is 0 Å². The molecule has 26 heavy (non-hydrogen) atoms. The summed E-state index contributed by atoms with van der Waals surface area (Å²) in [5.41, 5.74) is 2.13. The van der Waals surface area contributed by atoms with Crippen molar-refractivity contribution in [2.45, 2.75) is 50.3 Å². The van der Waals surface area contributed by atoms with Crippen LogP contribution < -0.4 is 0 Å². The fourth-order valence-electron chi connectivity index (χ4n) is 2.74. The Labute approximate surface area is 171 Å².